The number of hydrogen-bond acceptors (Lipinski definition) is 3. The SMILES string of the molecule is CN(C)Cc1cc(CNC(=O)NC2CCC(CO)CC2)ccc1F. The Labute approximate surface area is 143 Å². The minimum absolute atomic E-state index is 0.172. The summed E-state index contributed by atoms with van der Waals surface area (Å²) in [4.78, 5) is 13.9. The number of hydrogen-bond donors (Lipinski definition) is 3. The van der Waals surface area contributed by atoms with E-state index in [0.717, 1.165) is 31.2 Å². The van der Waals surface area contributed by atoms with Crippen LogP contribution < -0.4 is 10.6 Å². The molecule has 0 bridgehead atoms. The number of nitrogens with one attached hydrogen (secondary N) is 2. The van der Waals surface area contributed by atoms with Gasteiger partial charge in [0.25, 0.3) is 0 Å². The molecule has 1 aliphatic rings. The zero-order valence-electron chi connectivity index (χ0n) is 14.5. The Morgan fingerprint density at radius 1 is 1.29 bits per heavy atom. The van der Waals surface area contributed by atoms with E-state index < -0.39 is 0 Å². The summed E-state index contributed by atoms with van der Waals surface area (Å²) in [5, 5.41) is 15.0. The first kappa shape index (κ1) is 18.7. The van der Waals surface area contributed by atoms with Crippen molar-refractivity contribution in [3.05, 3.63) is 35.1 Å². The summed E-state index contributed by atoms with van der Waals surface area (Å²) in [5.74, 6) is 0.151. The van der Waals surface area contributed by atoms with E-state index in [-0.39, 0.29) is 24.5 Å². The minimum Gasteiger partial charge on any atom is -0.396 e. The van der Waals surface area contributed by atoms with E-state index in [0.29, 0.717) is 24.6 Å². The highest BCUT2D eigenvalue weighted by Crippen LogP contribution is 2.23. The molecule has 0 atom stereocenters. The number of nitrogens with zero attached hydrogens (tertiary/aromatic N) is 1. The monoisotopic (exact) mass is 337 g/mol. The van der Waals surface area contributed by atoms with Gasteiger partial charge in [-0.2, -0.15) is 0 Å². The Morgan fingerprint density at radius 2 is 2.00 bits per heavy atom. The van der Waals surface area contributed by atoms with E-state index in [1.54, 1.807) is 12.1 Å². The van der Waals surface area contributed by atoms with Gasteiger partial charge in [0.2, 0.25) is 0 Å². The van der Waals surface area contributed by atoms with Crippen molar-refractivity contribution in [3.63, 3.8) is 0 Å². The van der Waals surface area contributed by atoms with E-state index in [1.165, 1.54) is 6.07 Å². The van der Waals surface area contributed by atoms with Crippen molar-refractivity contribution >= 4 is 6.03 Å². The van der Waals surface area contributed by atoms with Crippen molar-refractivity contribution in [1.29, 1.82) is 0 Å². The van der Waals surface area contributed by atoms with Crippen LogP contribution in [0.4, 0.5) is 9.18 Å². The normalized spacial score (nSPS) is 20.9. The third kappa shape index (κ3) is 5.76. The molecule has 1 fully saturated rings. The molecule has 0 aliphatic heterocycles. The Morgan fingerprint density at radius 3 is 2.62 bits per heavy atom. The van der Waals surface area contributed by atoms with Crippen LogP contribution in [0.15, 0.2) is 18.2 Å². The highest BCUT2D eigenvalue weighted by Gasteiger charge is 2.21. The van der Waals surface area contributed by atoms with Gasteiger partial charge in [-0.05, 0) is 63.4 Å². The predicted octanol–water partition coefficient (Wildman–Crippen LogP) is 2.24. The van der Waals surface area contributed by atoms with Crippen molar-refractivity contribution < 1.29 is 14.3 Å². The van der Waals surface area contributed by atoms with E-state index >= 15 is 0 Å². The van der Waals surface area contributed by atoms with Gasteiger partial charge in [-0.3, -0.25) is 0 Å². The molecule has 1 aromatic rings. The van der Waals surface area contributed by atoms with E-state index in [1.807, 2.05) is 19.0 Å². The molecule has 134 valence electrons. The van der Waals surface area contributed by atoms with Crippen LogP contribution in [0.25, 0.3) is 0 Å². The van der Waals surface area contributed by atoms with Crippen LogP contribution in [0.1, 0.15) is 36.8 Å². The van der Waals surface area contributed by atoms with Gasteiger partial charge < -0.3 is 20.6 Å². The highest BCUT2D eigenvalue weighted by molar-refractivity contribution is 5.74. The summed E-state index contributed by atoms with van der Waals surface area (Å²) in [6, 6.07) is 4.92. The molecule has 1 saturated carbocycles. The number of benzene rings is 1. The second-order valence-electron chi connectivity index (χ2n) is 6.89. The number of halogens is 1. The Hall–Kier alpha value is -1.66. The number of urea groups is 1. The van der Waals surface area contributed by atoms with Crippen LogP contribution in [0.3, 0.4) is 0 Å². The molecule has 0 spiro atoms. The van der Waals surface area contributed by atoms with Crippen LogP contribution in [0.2, 0.25) is 0 Å². The molecule has 24 heavy (non-hydrogen) atoms. The topological polar surface area (TPSA) is 64.6 Å². The molecule has 3 N–H and O–H groups in total. The molecule has 0 radical (unpaired) electrons. The average Bonchev–Trinajstić information content (AvgIpc) is 2.56. The third-order valence-electron chi connectivity index (χ3n) is 4.49. The standard InChI is InChI=1S/C18H28FN3O2/c1-22(2)11-15-9-14(5-8-17(15)19)10-20-18(24)21-16-6-3-13(12-23)4-7-16/h5,8-9,13,16,23H,3-4,6-7,10-12H2,1-2H3,(H2,20,21,24). The second kappa shape index (κ2) is 8.99. The number of carbonyl (C=O) groups excluding carboxylic acids is 1. The Kier molecular flexibility index (Phi) is 6.99. The van der Waals surface area contributed by atoms with Crippen molar-refractivity contribution in [2.75, 3.05) is 20.7 Å². The van der Waals surface area contributed by atoms with Gasteiger partial charge in [0, 0.05) is 31.3 Å². The van der Waals surface area contributed by atoms with Gasteiger partial charge in [0.15, 0.2) is 0 Å². The Balaban J connectivity index is 1.79. The van der Waals surface area contributed by atoms with Crippen LogP contribution in [0.5, 0.6) is 0 Å². The summed E-state index contributed by atoms with van der Waals surface area (Å²) in [6.07, 6.45) is 3.71. The number of carbonyl (C=O) groups is 1. The number of aliphatic hydroxyl groups is 1. The molecule has 1 aliphatic carbocycles. The predicted molar refractivity (Wildman–Crippen MR) is 92.0 cm³/mol. The van der Waals surface area contributed by atoms with Gasteiger partial charge in [0.1, 0.15) is 5.82 Å². The first-order valence-electron chi connectivity index (χ1n) is 8.55. The number of aliphatic hydroxyl groups excluding tert-OH is 1. The third-order valence-corrected chi connectivity index (χ3v) is 4.49. The van der Waals surface area contributed by atoms with E-state index in [4.69, 9.17) is 5.11 Å². The van der Waals surface area contributed by atoms with Gasteiger partial charge in [-0.15, -0.1) is 0 Å². The molecule has 0 aromatic heterocycles. The van der Waals surface area contributed by atoms with Crippen LogP contribution in [0, 0.1) is 11.7 Å². The smallest absolute Gasteiger partial charge is 0.315 e. The summed E-state index contributed by atoms with van der Waals surface area (Å²) in [7, 11) is 3.78. The maximum absolute atomic E-state index is 13.8. The number of rotatable bonds is 6. The summed E-state index contributed by atoms with van der Waals surface area (Å²) in [5.41, 5.74) is 1.51. The lowest BCUT2D eigenvalue weighted by Gasteiger charge is -2.28. The maximum atomic E-state index is 13.8. The molecule has 2 amide bonds. The molecule has 5 nitrogen and oxygen atoms in total. The van der Waals surface area contributed by atoms with Crippen molar-refractivity contribution in [3.8, 4) is 0 Å². The first-order valence-corrected chi connectivity index (χ1v) is 8.55. The number of amides is 2. The second-order valence-corrected chi connectivity index (χ2v) is 6.89. The minimum atomic E-state index is -0.224. The van der Waals surface area contributed by atoms with Gasteiger partial charge >= 0.3 is 6.03 Å². The quantitative estimate of drug-likeness (QED) is 0.746. The fourth-order valence-electron chi connectivity index (χ4n) is 3.11. The molecule has 2 rings (SSSR count). The molecule has 0 saturated heterocycles. The molecule has 1 aromatic carbocycles. The zero-order chi connectivity index (χ0) is 17.5. The molecule has 6 heteroatoms. The van der Waals surface area contributed by atoms with Crippen LogP contribution in [-0.4, -0.2) is 42.8 Å². The van der Waals surface area contributed by atoms with Crippen molar-refractivity contribution in [2.24, 2.45) is 5.92 Å². The van der Waals surface area contributed by atoms with Gasteiger partial charge in [0.05, 0.1) is 0 Å². The Bertz CT molecular complexity index is 543. The zero-order valence-corrected chi connectivity index (χ0v) is 14.5. The van der Waals surface area contributed by atoms with Crippen LogP contribution in [-0.2, 0) is 13.1 Å². The summed E-state index contributed by atoms with van der Waals surface area (Å²) >= 11 is 0. The van der Waals surface area contributed by atoms with Crippen molar-refractivity contribution in [1.82, 2.24) is 15.5 Å². The lowest BCUT2D eigenvalue weighted by molar-refractivity contribution is 0.174. The lowest BCUT2D eigenvalue weighted by Crippen LogP contribution is -2.43. The maximum Gasteiger partial charge on any atom is 0.315 e. The van der Waals surface area contributed by atoms with Crippen molar-refractivity contribution in [2.45, 2.75) is 44.8 Å². The summed E-state index contributed by atoms with van der Waals surface area (Å²) < 4.78 is 13.8. The average molecular weight is 337 g/mol. The molecular weight excluding hydrogens is 309 g/mol. The van der Waals surface area contributed by atoms with E-state index in [9.17, 15) is 9.18 Å². The fraction of sp³-hybridized carbons (Fsp3) is 0.611. The highest BCUT2D eigenvalue weighted by atomic mass is 19.1. The van der Waals surface area contributed by atoms with E-state index in [2.05, 4.69) is 10.6 Å². The largest absolute Gasteiger partial charge is 0.396 e. The molecular formula is C18H28FN3O2. The van der Waals surface area contributed by atoms with Gasteiger partial charge in [-0.25, -0.2) is 9.18 Å². The fourth-order valence-corrected chi connectivity index (χ4v) is 3.11. The summed E-state index contributed by atoms with van der Waals surface area (Å²) in [6.45, 7) is 1.14. The molecule has 0 heterocycles. The lowest BCUT2D eigenvalue weighted by atomic mass is 9.87. The van der Waals surface area contributed by atoms with Crippen LogP contribution >= 0.6 is 0 Å². The first-order chi connectivity index (χ1) is 11.5. The molecule has 0 unspecified atom stereocenters. The van der Waals surface area contributed by atoms with Gasteiger partial charge in [-0.1, -0.05) is 6.07 Å².